The molecule has 0 bridgehead atoms. The molecule has 0 fully saturated rings. The molecule has 0 aliphatic heterocycles. The number of carboxylic acids is 1. The zero-order valence-corrected chi connectivity index (χ0v) is 10.4. The molecule has 0 saturated carbocycles. The van der Waals surface area contributed by atoms with Gasteiger partial charge in [-0.3, -0.25) is 0 Å². The first-order chi connectivity index (χ1) is 8.49. The molecule has 1 aromatic rings. The fraction of sp³-hybridized carbons (Fsp3) is 0.308. The largest absolute Gasteiger partial charge is 0.492 e. The summed E-state index contributed by atoms with van der Waals surface area (Å²) in [4.78, 5) is 12.3. The van der Waals surface area contributed by atoms with Crippen LogP contribution >= 0.6 is 0 Å². The smallest absolute Gasteiger partial charge is 0.364 e. The second-order valence-corrected chi connectivity index (χ2v) is 4.02. The minimum atomic E-state index is -1.57. The molecule has 0 aliphatic rings. The van der Waals surface area contributed by atoms with E-state index >= 15 is 0 Å². The Kier molecular flexibility index (Phi) is 5.32. The van der Waals surface area contributed by atoms with E-state index < -0.39 is 11.8 Å². The van der Waals surface area contributed by atoms with Gasteiger partial charge in [0.2, 0.25) is 5.83 Å². The zero-order chi connectivity index (χ0) is 13.5. The predicted octanol–water partition coefficient (Wildman–Crippen LogP) is 2.02. The van der Waals surface area contributed by atoms with Crippen LogP contribution in [0.15, 0.2) is 30.1 Å². The normalized spacial score (nSPS) is 11.7. The molecule has 0 unspecified atom stereocenters. The predicted molar refractivity (Wildman–Crippen MR) is 67.2 cm³/mol. The highest BCUT2D eigenvalue weighted by Gasteiger charge is 2.04. The Morgan fingerprint density at radius 3 is 2.50 bits per heavy atom. The van der Waals surface area contributed by atoms with E-state index in [1.165, 1.54) is 0 Å². The average Bonchev–Trinajstić information content (AvgIpc) is 2.30. The van der Waals surface area contributed by atoms with E-state index in [-0.39, 0.29) is 0 Å². The summed E-state index contributed by atoms with van der Waals surface area (Å²) in [6.07, 6.45) is 0.964. The molecule has 0 amide bonds. The van der Waals surface area contributed by atoms with Crippen molar-refractivity contribution in [1.29, 1.82) is 0 Å². The quantitative estimate of drug-likeness (QED) is 0.788. The Morgan fingerprint density at radius 2 is 2.00 bits per heavy atom. The molecule has 1 aromatic carbocycles. The van der Waals surface area contributed by atoms with Crippen molar-refractivity contribution >= 4 is 12.0 Å². The van der Waals surface area contributed by atoms with Crippen LogP contribution < -0.4 is 4.74 Å². The molecule has 4 nitrogen and oxygen atoms in total. The second kappa shape index (κ2) is 6.76. The number of ether oxygens (including phenoxy) is 1. The average molecular weight is 253 g/mol. The summed E-state index contributed by atoms with van der Waals surface area (Å²) < 4.78 is 18.3. The maximum atomic E-state index is 12.8. The third-order valence-electron chi connectivity index (χ3n) is 2.19. The lowest BCUT2D eigenvalue weighted by molar-refractivity contribution is -0.134. The van der Waals surface area contributed by atoms with Crippen LogP contribution in [0, 0.1) is 0 Å². The summed E-state index contributed by atoms with van der Waals surface area (Å²) in [6, 6.07) is 6.56. The molecular formula is C13H16FNO3. The molecule has 1 N–H and O–H groups in total. The number of nitrogens with zero attached hydrogens (tertiary/aromatic N) is 1. The molecular weight excluding hydrogens is 237 g/mol. The molecule has 0 radical (unpaired) electrons. The van der Waals surface area contributed by atoms with E-state index in [4.69, 9.17) is 9.84 Å². The summed E-state index contributed by atoms with van der Waals surface area (Å²) in [5.74, 6) is -2.08. The zero-order valence-electron chi connectivity index (χ0n) is 10.4. The van der Waals surface area contributed by atoms with Crippen LogP contribution in [0.25, 0.3) is 6.08 Å². The fourth-order valence-electron chi connectivity index (χ4n) is 1.21. The van der Waals surface area contributed by atoms with Crippen molar-refractivity contribution in [2.75, 3.05) is 27.2 Å². The Morgan fingerprint density at radius 1 is 1.39 bits per heavy atom. The van der Waals surface area contributed by atoms with E-state index in [0.717, 1.165) is 12.6 Å². The standard InChI is InChI=1S/C13H16FNO3/c1-15(2)7-8-18-11-5-3-10(4-6-11)9-12(14)13(16)17/h3-6,9H,7-8H2,1-2H3,(H,16,17). The van der Waals surface area contributed by atoms with Crippen molar-refractivity contribution < 1.29 is 19.0 Å². The summed E-state index contributed by atoms with van der Waals surface area (Å²) in [7, 11) is 3.90. The number of carbonyl (C=O) groups is 1. The topological polar surface area (TPSA) is 49.8 Å². The van der Waals surface area contributed by atoms with Crippen molar-refractivity contribution in [3.8, 4) is 5.75 Å². The van der Waals surface area contributed by atoms with Gasteiger partial charge in [0.1, 0.15) is 12.4 Å². The van der Waals surface area contributed by atoms with Gasteiger partial charge >= 0.3 is 5.97 Å². The first kappa shape index (κ1) is 14.2. The molecule has 5 heteroatoms. The molecule has 98 valence electrons. The first-order valence-electron chi connectivity index (χ1n) is 5.47. The molecule has 0 aliphatic carbocycles. The lowest BCUT2D eigenvalue weighted by Gasteiger charge is -2.10. The Bertz CT molecular complexity index is 426. The van der Waals surface area contributed by atoms with E-state index in [1.54, 1.807) is 24.3 Å². The van der Waals surface area contributed by atoms with Crippen LogP contribution in [0.2, 0.25) is 0 Å². The van der Waals surface area contributed by atoms with Crippen LogP contribution in [-0.2, 0) is 4.79 Å². The number of carboxylic acid groups (broad SMARTS) is 1. The lowest BCUT2D eigenvalue weighted by atomic mass is 10.2. The van der Waals surface area contributed by atoms with Gasteiger partial charge in [0.05, 0.1) is 0 Å². The monoisotopic (exact) mass is 253 g/mol. The van der Waals surface area contributed by atoms with Crippen molar-refractivity contribution in [2.24, 2.45) is 0 Å². The molecule has 18 heavy (non-hydrogen) atoms. The Hall–Kier alpha value is -1.88. The van der Waals surface area contributed by atoms with Gasteiger partial charge in [-0.25, -0.2) is 4.79 Å². The number of rotatable bonds is 6. The van der Waals surface area contributed by atoms with Crippen LogP contribution in [0.1, 0.15) is 5.56 Å². The lowest BCUT2D eigenvalue weighted by Crippen LogP contribution is -2.19. The van der Waals surface area contributed by atoms with E-state index in [9.17, 15) is 9.18 Å². The highest BCUT2D eigenvalue weighted by Crippen LogP contribution is 2.15. The molecule has 0 saturated heterocycles. The van der Waals surface area contributed by atoms with Crippen molar-refractivity contribution in [2.45, 2.75) is 0 Å². The number of likely N-dealkylation sites (N-methyl/N-ethyl adjacent to an activating group) is 1. The van der Waals surface area contributed by atoms with Crippen LogP contribution in [-0.4, -0.2) is 43.2 Å². The van der Waals surface area contributed by atoms with Crippen LogP contribution in [0.5, 0.6) is 5.75 Å². The Labute approximate surface area is 105 Å². The van der Waals surface area contributed by atoms with E-state index in [2.05, 4.69) is 0 Å². The van der Waals surface area contributed by atoms with Gasteiger partial charge in [-0.2, -0.15) is 4.39 Å². The molecule has 0 heterocycles. The number of aliphatic carboxylic acids is 1. The molecule has 0 spiro atoms. The van der Waals surface area contributed by atoms with Gasteiger partial charge in [-0.15, -0.1) is 0 Å². The second-order valence-electron chi connectivity index (χ2n) is 4.02. The van der Waals surface area contributed by atoms with Gasteiger partial charge in [-0.05, 0) is 37.9 Å². The van der Waals surface area contributed by atoms with Gasteiger partial charge in [0.15, 0.2) is 0 Å². The van der Waals surface area contributed by atoms with Gasteiger partial charge < -0.3 is 14.7 Å². The van der Waals surface area contributed by atoms with Gasteiger partial charge in [0, 0.05) is 6.54 Å². The third-order valence-corrected chi connectivity index (χ3v) is 2.19. The van der Waals surface area contributed by atoms with Crippen molar-refractivity contribution in [3.05, 3.63) is 35.7 Å². The molecule has 0 aromatic heterocycles. The number of hydrogen-bond donors (Lipinski definition) is 1. The molecule has 1 rings (SSSR count). The maximum absolute atomic E-state index is 12.8. The van der Waals surface area contributed by atoms with Crippen molar-refractivity contribution in [3.63, 3.8) is 0 Å². The van der Waals surface area contributed by atoms with Crippen molar-refractivity contribution in [1.82, 2.24) is 4.90 Å². The highest BCUT2D eigenvalue weighted by atomic mass is 19.1. The van der Waals surface area contributed by atoms with E-state index in [0.29, 0.717) is 17.9 Å². The number of benzene rings is 1. The minimum Gasteiger partial charge on any atom is -0.492 e. The maximum Gasteiger partial charge on any atom is 0.364 e. The number of hydrogen-bond acceptors (Lipinski definition) is 3. The fourth-order valence-corrected chi connectivity index (χ4v) is 1.21. The third kappa shape index (κ3) is 4.97. The first-order valence-corrected chi connectivity index (χ1v) is 5.47. The SMILES string of the molecule is CN(C)CCOc1ccc(C=C(F)C(=O)O)cc1. The highest BCUT2D eigenvalue weighted by molar-refractivity contribution is 5.89. The van der Waals surface area contributed by atoms with E-state index in [1.807, 2.05) is 19.0 Å². The minimum absolute atomic E-state index is 0.481. The summed E-state index contributed by atoms with van der Waals surface area (Å²) >= 11 is 0. The van der Waals surface area contributed by atoms with Gasteiger partial charge in [0.25, 0.3) is 0 Å². The summed E-state index contributed by atoms with van der Waals surface area (Å²) in [5, 5.41) is 8.39. The summed E-state index contributed by atoms with van der Waals surface area (Å²) in [6.45, 7) is 1.36. The van der Waals surface area contributed by atoms with Crippen LogP contribution in [0.4, 0.5) is 4.39 Å². The number of halogens is 1. The van der Waals surface area contributed by atoms with Gasteiger partial charge in [-0.1, -0.05) is 12.1 Å². The Balaban J connectivity index is 2.58. The molecule has 0 atom stereocenters. The summed E-state index contributed by atoms with van der Waals surface area (Å²) in [5.41, 5.74) is 0.481. The van der Waals surface area contributed by atoms with Crippen LogP contribution in [0.3, 0.4) is 0 Å².